The Morgan fingerprint density at radius 1 is 1.19 bits per heavy atom. The summed E-state index contributed by atoms with van der Waals surface area (Å²) in [7, 11) is 0. The molecule has 0 aromatic heterocycles. The van der Waals surface area contributed by atoms with Crippen LogP contribution in [0.1, 0.15) is 50.6 Å². The first-order valence-corrected chi connectivity index (χ1v) is 8.57. The molecule has 0 amide bonds. The van der Waals surface area contributed by atoms with E-state index in [1.54, 1.807) is 0 Å². The summed E-state index contributed by atoms with van der Waals surface area (Å²) in [5.41, 5.74) is 1.35. The van der Waals surface area contributed by atoms with Crippen LogP contribution >= 0.6 is 0 Å². The quantitative estimate of drug-likeness (QED) is 0.919. The van der Waals surface area contributed by atoms with Crippen molar-refractivity contribution >= 4 is 0 Å². The van der Waals surface area contributed by atoms with Crippen LogP contribution in [0.2, 0.25) is 0 Å². The third-order valence-electron chi connectivity index (χ3n) is 4.76. The zero-order valence-corrected chi connectivity index (χ0v) is 13.2. The lowest BCUT2D eigenvalue weighted by Crippen LogP contribution is -2.36. The second-order valence-corrected chi connectivity index (χ2v) is 6.36. The summed E-state index contributed by atoms with van der Waals surface area (Å²) in [4.78, 5) is 2.62. The zero-order valence-electron chi connectivity index (χ0n) is 13.2. The van der Waals surface area contributed by atoms with Crippen LogP contribution in [0, 0.1) is 0 Å². The van der Waals surface area contributed by atoms with Crippen molar-refractivity contribution in [3.05, 3.63) is 29.8 Å². The molecule has 1 aromatic carbocycles. The highest BCUT2D eigenvalue weighted by Crippen LogP contribution is 2.32. The first-order valence-electron chi connectivity index (χ1n) is 8.57. The SMILES string of the molecule is CCCN1CCCC(NC2CCOc3ccccc32)CC1. The van der Waals surface area contributed by atoms with E-state index in [2.05, 4.69) is 41.4 Å². The van der Waals surface area contributed by atoms with Gasteiger partial charge >= 0.3 is 0 Å². The number of hydrogen-bond acceptors (Lipinski definition) is 3. The molecule has 21 heavy (non-hydrogen) atoms. The zero-order chi connectivity index (χ0) is 14.5. The number of para-hydroxylation sites is 1. The Morgan fingerprint density at radius 3 is 3.00 bits per heavy atom. The highest BCUT2D eigenvalue weighted by Gasteiger charge is 2.24. The summed E-state index contributed by atoms with van der Waals surface area (Å²) in [5.74, 6) is 1.07. The molecule has 2 aliphatic rings. The predicted molar refractivity (Wildman–Crippen MR) is 86.8 cm³/mol. The van der Waals surface area contributed by atoms with E-state index < -0.39 is 0 Å². The Balaban J connectivity index is 1.60. The maximum Gasteiger partial charge on any atom is 0.124 e. The van der Waals surface area contributed by atoms with E-state index >= 15 is 0 Å². The predicted octanol–water partition coefficient (Wildman–Crippen LogP) is 3.36. The Morgan fingerprint density at radius 2 is 2.10 bits per heavy atom. The maximum atomic E-state index is 5.77. The Hall–Kier alpha value is -1.06. The highest BCUT2D eigenvalue weighted by atomic mass is 16.5. The maximum absolute atomic E-state index is 5.77. The Bertz CT molecular complexity index is 449. The van der Waals surface area contributed by atoms with Gasteiger partial charge < -0.3 is 15.0 Å². The van der Waals surface area contributed by atoms with Gasteiger partial charge in [-0.3, -0.25) is 0 Å². The highest BCUT2D eigenvalue weighted by molar-refractivity contribution is 5.37. The molecule has 2 unspecified atom stereocenters. The minimum Gasteiger partial charge on any atom is -0.493 e. The van der Waals surface area contributed by atoms with E-state index in [1.807, 2.05) is 0 Å². The van der Waals surface area contributed by atoms with E-state index in [9.17, 15) is 0 Å². The first-order chi connectivity index (χ1) is 10.4. The third-order valence-corrected chi connectivity index (χ3v) is 4.76. The average Bonchev–Trinajstić information content (AvgIpc) is 2.74. The van der Waals surface area contributed by atoms with Crippen molar-refractivity contribution in [1.29, 1.82) is 0 Å². The van der Waals surface area contributed by atoms with Gasteiger partial charge in [-0.15, -0.1) is 0 Å². The normalized spacial score (nSPS) is 26.7. The van der Waals surface area contributed by atoms with Crippen molar-refractivity contribution in [3.63, 3.8) is 0 Å². The summed E-state index contributed by atoms with van der Waals surface area (Å²) >= 11 is 0. The van der Waals surface area contributed by atoms with Crippen LogP contribution in [0.25, 0.3) is 0 Å². The van der Waals surface area contributed by atoms with E-state index in [0.717, 1.165) is 18.8 Å². The number of fused-ring (bicyclic) bond motifs is 1. The van der Waals surface area contributed by atoms with Gasteiger partial charge in [0.25, 0.3) is 0 Å². The van der Waals surface area contributed by atoms with Crippen LogP contribution in [-0.4, -0.2) is 37.2 Å². The molecule has 3 heteroatoms. The van der Waals surface area contributed by atoms with Gasteiger partial charge in [-0.2, -0.15) is 0 Å². The molecule has 1 saturated heterocycles. The summed E-state index contributed by atoms with van der Waals surface area (Å²) < 4.78 is 5.77. The molecule has 2 aliphatic heterocycles. The van der Waals surface area contributed by atoms with Crippen molar-refractivity contribution < 1.29 is 4.74 Å². The molecule has 1 aromatic rings. The lowest BCUT2D eigenvalue weighted by atomic mass is 9.98. The Kier molecular flexibility index (Phi) is 5.15. The van der Waals surface area contributed by atoms with Crippen LogP contribution in [0.4, 0.5) is 0 Å². The molecule has 0 aliphatic carbocycles. The number of hydrogen-bond donors (Lipinski definition) is 1. The first kappa shape index (κ1) is 14.9. The molecule has 2 atom stereocenters. The number of rotatable bonds is 4. The number of likely N-dealkylation sites (tertiary alicyclic amines) is 1. The van der Waals surface area contributed by atoms with Gasteiger partial charge in [-0.05, 0) is 51.4 Å². The van der Waals surface area contributed by atoms with Gasteiger partial charge in [-0.25, -0.2) is 0 Å². The van der Waals surface area contributed by atoms with Gasteiger partial charge in [-0.1, -0.05) is 25.1 Å². The van der Waals surface area contributed by atoms with E-state index in [4.69, 9.17) is 4.74 Å². The van der Waals surface area contributed by atoms with Crippen molar-refractivity contribution in [2.75, 3.05) is 26.2 Å². The van der Waals surface area contributed by atoms with Gasteiger partial charge in [0.05, 0.1) is 6.61 Å². The van der Waals surface area contributed by atoms with Crippen LogP contribution in [0.15, 0.2) is 24.3 Å². The second kappa shape index (κ2) is 7.28. The molecule has 3 nitrogen and oxygen atoms in total. The van der Waals surface area contributed by atoms with Crippen molar-refractivity contribution in [2.24, 2.45) is 0 Å². The van der Waals surface area contributed by atoms with Crippen molar-refractivity contribution in [3.8, 4) is 5.75 Å². The van der Waals surface area contributed by atoms with Gasteiger partial charge in [0.15, 0.2) is 0 Å². The van der Waals surface area contributed by atoms with Crippen LogP contribution in [-0.2, 0) is 0 Å². The van der Waals surface area contributed by atoms with E-state index in [1.165, 1.54) is 50.9 Å². The largest absolute Gasteiger partial charge is 0.493 e. The summed E-state index contributed by atoms with van der Waals surface area (Å²) in [6, 6.07) is 9.62. The molecule has 116 valence electrons. The fraction of sp³-hybridized carbons (Fsp3) is 0.667. The molecule has 3 rings (SSSR count). The van der Waals surface area contributed by atoms with Crippen LogP contribution in [0.3, 0.4) is 0 Å². The molecule has 0 saturated carbocycles. The molecule has 0 bridgehead atoms. The molecule has 2 heterocycles. The van der Waals surface area contributed by atoms with Crippen molar-refractivity contribution in [1.82, 2.24) is 10.2 Å². The number of benzene rings is 1. The molecule has 0 radical (unpaired) electrons. The lowest BCUT2D eigenvalue weighted by molar-refractivity contribution is 0.238. The smallest absolute Gasteiger partial charge is 0.124 e. The van der Waals surface area contributed by atoms with Gasteiger partial charge in [0.1, 0.15) is 5.75 Å². The third kappa shape index (κ3) is 3.78. The molecule has 1 fully saturated rings. The fourth-order valence-electron chi connectivity index (χ4n) is 3.66. The fourth-order valence-corrected chi connectivity index (χ4v) is 3.66. The topological polar surface area (TPSA) is 24.5 Å². The van der Waals surface area contributed by atoms with E-state index in [-0.39, 0.29) is 0 Å². The summed E-state index contributed by atoms with van der Waals surface area (Å²) in [6.07, 6.45) is 6.26. The molecular weight excluding hydrogens is 260 g/mol. The number of nitrogens with zero attached hydrogens (tertiary/aromatic N) is 1. The summed E-state index contributed by atoms with van der Waals surface area (Å²) in [5, 5.41) is 3.91. The monoisotopic (exact) mass is 288 g/mol. The minimum absolute atomic E-state index is 0.470. The van der Waals surface area contributed by atoms with Crippen LogP contribution < -0.4 is 10.1 Å². The van der Waals surface area contributed by atoms with Crippen LogP contribution in [0.5, 0.6) is 5.75 Å². The molecule has 0 spiro atoms. The summed E-state index contributed by atoms with van der Waals surface area (Å²) in [6.45, 7) is 6.89. The second-order valence-electron chi connectivity index (χ2n) is 6.36. The molecular formula is C18H28N2O. The standard InChI is InChI=1S/C18H28N2O/c1-2-11-20-12-5-6-15(9-13-20)19-17-10-14-21-18-8-4-3-7-16(17)18/h3-4,7-8,15,17,19H,2,5-6,9-14H2,1H3. The number of ether oxygens (including phenoxy) is 1. The lowest BCUT2D eigenvalue weighted by Gasteiger charge is -2.30. The molecule has 1 N–H and O–H groups in total. The number of nitrogens with one attached hydrogen (secondary N) is 1. The minimum atomic E-state index is 0.470. The van der Waals surface area contributed by atoms with Crippen molar-refractivity contribution in [2.45, 2.75) is 51.1 Å². The van der Waals surface area contributed by atoms with Gasteiger partial charge in [0, 0.05) is 24.1 Å². The Labute approximate surface area is 128 Å². The average molecular weight is 288 g/mol. The van der Waals surface area contributed by atoms with Gasteiger partial charge in [0.2, 0.25) is 0 Å². The van der Waals surface area contributed by atoms with E-state index in [0.29, 0.717) is 12.1 Å².